The summed E-state index contributed by atoms with van der Waals surface area (Å²) < 4.78 is 0. The van der Waals surface area contributed by atoms with Gasteiger partial charge in [-0.3, -0.25) is 9.59 Å². The van der Waals surface area contributed by atoms with Crippen molar-refractivity contribution in [1.29, 1.82) is 0 Å². The summed E-state index contributed by atoms with van der Waals surface area (Å²) in [6.45, 7) is 2.38. The molecular weight excluding hydrogens is 344 g/mol. The first-order chi connectivity index (χ1) is 12.7. The van der Waals surface area contributed by atoms with Crippen molar-refractivity contribution in [2.75, 3.05) is 12.8 Å². The third-order valence-corrected chi connectivity index (χ3v) is 5.17. The number of carbonyl (C=O) groups is 2. The molecule has 0 aliphatic heterocycles. The van der Waals surface area contributed by atoms with Gasteiger partial charge >= 0.3 is 0 Å². The van der Waals surface area contributed by atoms with Gasteiger partial charge in [0, 0.05) is 30.7 Å². The summed E-state index contributed by atoms with van der Waals surface area (Å²) >= 11 is 1.66. The van der Waals surface area contributed by atoms with Gasteiger partial charge in [0.2, 0.25) is 11.8 Å². The number of benzene rings is 2. The summed E-state index contributed by atoms with van der Waals surface area (Å²) in [7, 11) is 1.61. The van der Waals surface area contributed by atoms with Crippen molar-refractivity contribution in [3.05, 3.63) is 66.2 Å². The van der Waals surface area contributed by atoms with Crippen LogP contribution in [0.3, 0.4) is 0 Å². The molecule has 5 heteroatoms. The van der Waals surface area contributed by atoms with Gasteiger partial charge in [-0.25, -0.2) is 0 Å². The average molecular weight is 371 g/mol. The fourth-order valence-corrected chi connectivity index (χ4v) is 3.64. The molecule has 2 rings (SSSR count). The summed E-state index contributed by atoms with van der Waals surface area (Å²) in [5.41, 5.74) is 1.03. The van der Waals surface area contributed by atoms with Crippen LogP contribution in [0.2, 0.25) is 0 Å². The zero-order valence-electron chi connectivity index (χ0n) is 15.4. The van der Waals surface area contributed by atoms with Crippen molar-refractivity contribution in [3.63, 3.8) is 0 Å². The molecule has 0 aliphatic carbocycles. The van der Waals surface area contributed by atoms with Gasteiger partial charge in [0.15, 0.2) is 0 Å². The molecule has 0 saturated heterocycles. The Labute approximate surface area is 160 Å². The predicted octanol–water partition coefficient (Wildman–Crippen LogP) is 3.72. The second-order valence-corrected chi connectivity index (χ2v) is 7.13. The molecule has 0 unspecified atom stereocenters. The lowest BCUT2D eigenvalue weighted by Gasteiger charge is -2.30. The number of nitrogens with zero attached hydrogens (tertiary/aromatic N) is 1. The third-order valence-electron chi connectivity index (χ3n) is 4.16. The highest BCUT2D eigenvalue weighted by atomic mass is 32.2. The Hall–Kier alpha value is -2.27. The van der Waals surface area contributed by atoms with Crippen LogP contribution in [0.1, 0.15) is 25.3 Å². The second kappa shape index (κ2) is 10.7. The molecule has 0 heterocycles. The number of rotatable bonds is 9. The lowest BCUT2D eigenvalue weighted by Crippen LogP contribution is -2.48. The highest BCUT2D eigenvalue weighted by Gasteiger charge is 2.27. The van der Waals surface area contributed by atoms with E-state index in [2.05, 4.69) is 5.32 Å². The van der Waals surface area contributed by atoms with Crippen LogP contribution < -0.4 is 5.32 Å². The second-order valence-electron chi connectivity index (χ2n) is 5.96. The molecule has 138 valence electrons. The van der Waals surface area contributed by atoms with Crippen molar-refractivity contribution in [2.24, 2.45) is 0 Å². The molecule has 0 aromatic heterocycles. The van der Waals surface area contributed by atoms with Crippen molar-refractivity contribution < 1.29 is 9.59 Å². The fraction of sp³-hybridized carbons (Fsp3) is 0.333. The van der Waals surface area contributed by atoms with Crippen molar-refractivity contribution in [2.45, 2.75) is 37.2 Å². The number of likely N-dealkylation sites (N-methyl/N-ethyl adjacent to an activating group) is 1. The van der Waals surface area contributed by atoms with Crippen molar-refractivity contribution in [3.8, 4) is 0 Å². The molecule has 0 aliphatic rings. The van der Waals surface area contributed by atoms with Crippen LogP contribution in [0.25, 0.3) is 0 Å². The Kier molecular flexibility index (Phi) is 8.22. The minimum absolute atomic E-state index is 0.00716. The Bertz CT molecular complexity index is 692. The predicted molar refractivity (Wildman–Crippen MR) is 107 cm³/mol. The van der Waals surface area contributed by atoms with E-state index >= 15 is 0 Å². The largest absolute Gasteiger partial charge is 0.357 e. The first-order valence-electron chi connectivity index (χ1n) is 8.88. The van der Waals surface area contributed by atoms with Gasteiger partial charge < -0.3 is 10.2 Å². The molecule has 1 atom stereocenters. The normalized spacial score (nSPS) is 11.6. The van der Waals surface area contributed by atoms with Gasteiger partial charge in [-0.1, -0.05) is 55.5 Å². The lowest BCUT2D eigenvalue weighted by molar-refractivity contribution is -0.140. The molecule has 0 saturated carbocycles. The number of nitrogens with one attached hydrogen (secondary N) is 1. The summed E-state index contributed by atoms with van der Waals surface area (Å²) in [4.78, 5) is 28.0. The standard InChI is InChI=1S/C21H26N2O2S/c1-3-19(21(25)22-2)23(16-17-10-6-4-7-11-17)20(24)14-15-26-18-12-8-5-9-13-18/h4-13,19H,3,14-16H2,1-2H3,(H,22,25)/t19-/m0/s1. The molecule has 0 spiro atoms. The van der Waals surface area contributed by atoms with Crippen molar-refractivity contribution in [1.82, 2.24) is 10.2 Å². The quantitative estimate of drug-likeness (QED) is 0.685. The van der Waals surface area contributed by atoms with Crippen LogP contribution in [0.4, 0.5) is 0 Å². The summed E-state index contributed by atoms with van der Waals surface area (Å²) in [6, 6.07) is 19.4. The zero-order valence-corrected chi connectivity index (χ0v) is 16.2. The van der Waals surface area contributed by atoms with E-state index in [1.54, 1.807) is 23.7 Å². The third kappa shape index (κ3) is 5.92. The maximum Gasteiger partial charge on any atom is 0.242 e. The van der Waals surface area contributed by atoms with E-state index in [4.69, 9.17) is 0 Å². The molecule has 0 bridgehead atoms. The van der Waals surface area contributed by atoms with Gasteiger partial charge in [0.05, 0.1) is 0 Å². The van der Waals surface area contributed by atoms with E-state index in [0.717, 1.165) is 10.5 Å². The van der Waals surface area contributed by atoms with Crippen LogP contribution in [0.15, 0.2) is 65.6 Å². The molecule has 2 aromatic rings. The van der Waals surface area contributed by atoms with Gasteiger partial charge in [0.1, 0.15) is 6.04 Å². The minimum Gasteiger partial charge on any atom is -0.357 e. The van der Waals surface area contributed by atoms with Gasteiger partial charge in [-0.05, 0) is 24.1 Å². The van der Waals surface area contributed by atoms with E-state index in [9.17, 15) is 9.59 Å². The molecule has 1 N–H and O–H groups in total. The van der Waals surface area contributed by atoms with E-state index in [1.807, 2.05) is 67.6 Å². The minimum atomic E-state index is -0.450. The first-order valence-corrected chi connectivity index (χ1v) is 9.87. The monoisotopic (exact) mass is 370 g/mol. The van der Waals surface area contributed by atoms with E-state index < -0.39 is 6.04 Å². The van der Waals surface area contributed by atoms with Crippen LogP contribution in [-0.4, -0.2) is 35.6 Å². The summed E-state index contributed by atoms with van der Waals surface area (Å²) in [5, 5.41) is 2.68. The number of carbonyl (C=O) groups excluding carboxylic acids is 2. The summed E-state index contributed by atoms with van der Waals surface area (Å²) in [6.07, 6.45) is 0.990. The topological polar surface area (TPSA) is 49.4 Å². The number of hydrogen-bond acceptors (Lipinski definition) is 3. The van der Waals surface area contributed by atoms with Gasteiger partial charge in [-0.2, -0.15) is 0 Å². The van der Waals surface area contributed by atoms with Crippen LogP contribution in [-0.2, 0) is 16.1 Å². The molecule has 0 radical (unpaired) electrons. The Morgan fingerprint density at radius 2 is 1.65 bits per heavy atom. The lowest BCUT2D eigenvalue weighted by atomic mass is 10.1. The molecule has 26 heavy (non-hydrogen) atoms. The van der Waals surface area contributed by atoms with Crippen LogP contribution in [0.5, 0.6) is 0 Å². The Balaban J connectivity index is 2.05. The van der Waals surface area contributed by atoms with Gasteiger partial charge in [0.25, 0.3) is 0 Å². The zero-order chi connectivity index (χ0) is 18.8. The van der Waals surface area contributed by atoms with Crippen LogP contribution >= 0.6 is 11.8 Å². The van der Waals surface area contributed by atoms with E-state index in [0.29, 0.717) is 25.1 Å². The Morgan fingerprint density at radius 3 is 2.23 bits per heavy atom. The molecule has 2 amide bonds. The molecule has 2 aromatic carbocycles. The Morgan fingerprint density at radius 1 is 1.04 bits per heavy atom. The molecule has 4 nitrogen and oxygen atoms in total. The number of thioether (sulfide) groups is 1. The highest BCUT2D eigenvalue weighted by molar-refractivity contribution is 7.99. The SMILES string of the molecule is CC[C@@H](C(=O)NC)N(Cc1ccccc1)C(=O)CCSc1ccccc1. The maximum absolute atomic E-state index is 12.9. The summed E-state index contributed by atoms with van der Waals surface area (Å²) in [5.74, 6) is 0.582. The van der Waals surface area contributed by atoms with Crippen LogP contribution in [0, 0.1) is 0 Å². The number of hydrogen-bond donors (Lipinski definition) is 1. The maximum atomic E-state index is 12.9. The van der Waals surface area contributed by atoms with Crippen molar-refractivity contribution >= 4 is 23.6 Å². The fourth-order valence-electron chi connectivity index (χ4n) is 2.78. The first kappa shape index (κ1) is 20.0. The average Bonchev–Trinajstić information content (AvgIpc) is 2.69. The molecular formula is C21H26N2O2S. The molecule has 0 fully saturated rings. The smallest absolute Gasteiger partial charge is 0.242 e. The van der Waals surface area contributed by atoms with E-state index in [-0.39, 0.29) is 11.8 Å². The number of amides is 2. The van der Waals surface area contributed by atoms with E-state index in [1.165, 1.54) is 0 Å². The highest BCUT2D eigenvalue weighted by Crippen LogP contribution is 2.20. The van der Waals surface area contributed by atoms with Gasteiger partial charge in [-0.15, -0.1) is 11.8 Å².